The number of rotatable bonds is 6. The number of ether oxygens (including phenoxy) is 1. The summed E-state index contributed by atoms with van der Waals surface area (Å²) in [5.74, 6) is 0.0162. The molecule has 0 radical (unpaired) electrons. The van der Waals surface area contributed by atoms with Crippen LogP contribution in [0.2, 0.25) is 0 Å². The SMILES string of the molecule is Cc1cc(CN2C=C3C(C(N)=O)=NC=CC3N2)ncc1OCC(C)F. The molecule has 1 aromatic rings. The van der Waals surface area contributed by atoms with Gasteiger partial charge in [0.25, 0.3) is 5.91 Å². The summed E-state index contributed by atoms with van der Waals surface area (Å²) in [7, 11) is 0. The second-order valence-corrected chi connectivity index (χ2v) is 6.04. The Morgan fingerprint density at radius 2 is 2.36 bits per heavy atom. The van der Waals surface area contributed by atoms with Crippen LogP contribution in [-0.2, 0) is 11.3 Å². The molecule has 8 heteroatoms. The first-order chi connectivity index (χ1) is 11.9. The summed E-state index contributed by atoms with van der Waals surface area (Å²) in [5.41, 5.74) is 11.3. The van der Waals surface area contributed by atoms with Gasteiger partial charge in [0.1, 0.15) is 24.2 Å². The topological polar surface area (TPSA) is 92.8 Å². The highest BCUT2D eigenvalue weighted by atomic mass is 19.1. The number of aliphatic imine (C=N–C) groups is 1. The van der Waals surface area contributed by atoms with Crippen molar-refractivity contribution in [1.82, 2.24) is 15.4 Å². The van der Waals surface area contributed by atoms with Crippen LogP contribution in [0.25, 0.3) is 0 Å². The largest absolute Gasteiger partial charge is 0.489 e. The van der Waals surface area contributed by atoms with Crippen molar-refractivity contribution in [2.24, 2.45) is 10.7 Å². The van der Waals surface area contributed by atoms with Gasteiger partial charge in [-0.25, -0.2) is 9.82 Å². The van der Waals surface area contributed by atoms with Crippen molar-refractivity contribution in [1.29, 1.82) is 0 Å². The summed E-state index contributed by atoms with van der Waals surface area (Å²) in [6.45, 7) is 3.83. The second-order valence-electron chi connectivity index (χ2n) is 6.04. The molecule has 0 spiro atoms. The van der Waals surface area contributed by atoms with E-state index in [4.69, 9.17) is 10.5 Å². The number of alkyl halides is 1. The van der Waals surface area contributed by atoms with Crippen LogP contribution in [0, 0.1) is 6.92 Å². The minimum Gasteiger partial charge on any atom is -0.489 e. The van der Waals surface area contributed by atoms with E-state index in [2.05, 4.69) is 15.4 Å². The molecule has 1 amide bonds. The van der Waals surface area contributed by atoms with Crippen LogP contribution in [0.3, 0.4) is 0 Å². The zero-order chi connectivity index (χ0) is 18.0. The standard InChI is InChI=1S/C17H20FN5O2/c1-10-5-12(21-6-15(10)25-9-11(2)18)7-23-8-13-14(22-23)3-4-20-16(13)17(19)24/h3-6,8,11,14,22H,7,9H2,1-2H3,(H2,19,24). The third kappa shape index (κ3) is 3.85. The summed E-state index contributed by atoms with van der Waals surface area (Å²) in [4.78, 5) is 19.9. The van der Waals surface area contributed by atoms with E-state index in [1.807, 2.05) is 30.3 Å². The van der Waals surface area contributed by atoms with Crippen molar-refractivity contribution in [2.45, 2.75) is 32.6 Å². The Kier molecular flexibility index (Phi) is 4.80. The van der Waals surface area contributed by atoms with Gasteiger partial charge in [-0.15, -0.1) is 0 Å². The van der Waals surface area contributed by atoms with Crippen LogP contribution >= 0.6 is 0 Å². The number of aryl methyl sites for hydroxylation is 1. The Balaban J connectivity index is 1.70. The lowest BCUT2D eigenvalue weighted by molar-refractivity contribution is -0.111. The number of carbonyl (C=O) groups excluding carboxylic acids is 1. The quantitative estimate of drug-likeness (QED) is 0.807. The summed E-state index contributed by atoms with van der Waals surface area (Å²) < 4.78 is 18.3. The molecule has 132 valence electrons. The first-order valence-electron chi connectivity index (χ1n) is 7.95. The molecule has 0 saturated heterocycles. The molecule has 3 heterocycles. The molecule has 0 aromatic carbocycles. The molecule has 1 aromatic heterocycles. The van der Waals surface area contributed by atoms with Gasteiger partial charge in [-0.1, -0.05) is 0 Å². The van der Waals surface area contributed by atoms with Gasteiger partial charge in [0.2, 0.25) is 0 Å². The summed E-state index contributed by atoms with van der Waals surface area (Å²) in [5, 5.41) is 1.83. The smallest absolute Gasteiger partial charge is 0.267 e. The van der Waals surface area contributed by atoms with E-state index in [0.29, 0.717) is 12.3 Å². The lowest BCUT2D eigenvalue weighted by Gasteiger charge is -2.19. The van der Waals surface area contributed by atoms with Crippen LogP contribution in [0.5, 0.6) is 5.75 Å². The van der Waals surface area contributed by atoms with Crippen LogP contribution in [-0.4, -0.2) is 40.4 Å². The predicted octanol–water partition coefficient (Wildman–Crippen LogP) is 1.15. The Morgan fingerprint density at radius 1 is 1.56 bits per heavy atom. The Labute approximate surface area is 145 Å². The number of primary amides is 1. The van der Waals surface area contributed by atoms with E-state index in [9.17, 15) is 9.18 Å². The van der Waals surface area contributed by atoms with Gasteiger partial charge in [0, 0.05) is 18.0 Å². The number of carbonyl (C=O) groups is 1. The van der Waals surface area contributed by atoms with Gasteiger partial charge < -0.3 is 15.5 Å². The van der Waals surface area contributed by atoms with Crippen molar-refractivity contribution in [3.8, 4) is 5.75 Å². The van der Waals surface area contributed by atoms with Crippen molar-refractivity contribution >= 4 is 11.6 Å². The fourth-order valence-electron chi connectivity index (χ4n) is 2.68. The van der Waals surface area contributed by atoms with E-state index >= 15 is 0 Å². The molecule has 7 nitrogen and oxygen atoms in total. The summed E-state index contributed by atoms with van der Waals surface area (Å²) in [6, 6.07) is 1.76. The maximum Gasteiger partial charge on any atom is 0.267 e. The molecular weight excluding hydrogens is 325 g/mol. The fourth-order valence-corrected chi connectivity index (χ4v) is 2.68. The Bertz CT molecular complexity index is 772. The molecule has 25 heavy (non-hydrogen) atoms. The van der Waals surface area contributed by atoms with Crippen molar-refractivity contribution in [3.05, 3.63) is 47.6 Å². The highest BCUT2D eigenvalue weighted by molar-refractivity contribution is 6.45. The molecular formula is C17H20FN5O2. The Morgan fingerprint density at radius 3 is 3.04 bits per heavy atom. The molecule has 0 bridgehead atoms. The maximum atomic E-state index is 12.9. The third-order valence-corrected chi connectivity index (χ3v) is 3.84. The van der Waals surface area contributed by atoms with Crippen LogP contribution in [0.4, 0.5) is 4.39 Å². The Hall–Kier alpha value is -2.74. The molecule has 0 saturated carbocycles. The predicted molar refractivity (Wildman–Crippen MR) is 91.4 cm³/mol. The number of nitrogens with zero attached hydrogens (tertiary/aromatic N) is 3. The minimum absolute atomic E-state index is 0.00485. The number of hydrazine groups is 1. The van der Waals surface area contributed by atoms with Crippen molar-refractivity contribution < 1.29 is 13.9 Å². The lowest BCUT2D eigenvalue weighted by atomic mass is 10.0. The van der Waals surface area contributed by atoms with E-state index in [0.717, 1.165) is 16.8 Å². The molecule has 2 aliphatic rings. The van der Waals surface area contributed by atoms with Crippen molar-refractivity contribution in [2.75, 3.05) is 6.61 Å². The lowest BCUT2D eigenvalue weighted by Crippen LogP contribution is -2.38. The maximum absolute atomic E-state index is 12.9. The van der Waals surface area contributed by atoms with Crippen LogP contribution in [0.15, 0.2) is 41.3 Å². The number of aromatic nitrogens is 1. The first kappa shape index (κ1) is 17.1. The molecule has 3 rings (SSSR count). The van der Waals surface area contributed by atoms with Crippen LogP contribution < -0.4 is 15.9 Å². The highest BCUT2D eigenvalue weighted by Crippen LogP contribution is 2.22. The van der Waals surface area contributed by atoms with Gasteiger partial charge in [-0.05, 0) is 31.6 Å². The average Bonchev–Trinajstić information content (AvgIpc) is 2.95. The van der Waals surface area contributed by atoms with Crippen LogP contribution in [0.1, 0.15) is 18.2 Å². The number of hydrogen-bond acceptors (Lipinski definition) is 6. The van der Waals surface area contributed by atoms with E-state index in [-0.39, 0.29) is 18.4 Å². The van der Waals surface area contributed by atoms with Gasteiger partial charge in [0.05, 0.1) is 24.5 Å². The first-order valence-corrected chi connectivity index (χ1v) is 7.95. The summed E-state index contributed by atoms with van der Waals surface area (Å²) >= 11 is 0. The number of nitrogens with one attached hydrogen (secondary N) is 1. The monoisotopic (exact) mass is 345 g/mol. The van der Waals surface area contributed by atoms with Gasteiger partial charge in [-0.3, -0.25) is 14.8 Å². The molecule has 0 fully saturated rings. The number of fused-ring (bicyclic) bond motifs is 1. The second kappa shape index (κ2) is 7.02. The van der Waals surface area contributed by atoms with Gasteiger partial charge >= 0.3 is 0 Å². The number of pyridine rings is 1. The normalized spacial score (nSPS) is 20.0. The van der Waals surface area contributed by atoms with E-state index in [1.54, 1.807) is 12.4 Å². The third-order valence-electron chi connectivity index (χ3n) is 3.84. The van der Waals surface area contributed by atoms with Gasteiger partial charge in [-0.2, -0.15) is 0 Å². The number of amides is 1. The fraction of sp³-hybridized carbons (Fsp3) is 0.353. The van der Waals surface area contributed by atoms with Crippen molar-refractivity contribution in [3.63, 3.8) is 0 Å². The molecule has 2 aliphatic heterocycles. The van der Waals surface area contributed by atoms with Gasteiger partial charge in [0.15, 0.2) is 0 Å². The number of halogens is 1. The highest BCUT2D eigenvalue weighted by Gasteiger charge is 2.30. The zero-order valence-electron chi connectivity index (χ0n) is 14.1. The number of hydrogen-bond donors (Lipinski definition) is 2. The molecule has 3 N–H and O–H groups in total. The summed E-state index contributed by atoms with van der Waals surface area (Å²) in [6.07, 6.45) is 5.80. The number of nitrogens with two attached hydrogens (primary N) is 1. The van der Waals surface area contributed by atoms with E-state index in [1.165, 1.54) is 6.92 Å². The van der Waals surface area contributed by atoms with E-state index < -0.39 is 12.1 Å². The molecule has 2 unspecified atom stereocenters. The zero-order valence-corrected chi connectivity index (χ0v) is 14.1. The average molecular weight is 345 g/mol. The molecule has 0 aliphatic carbocycles. The molecule has 2 atom stereocenters. The minimum atomic E-state index is -1.03.